The molecule has 0 unspecified atom stereocenters. The molecule has 0 bridgehead atoms. The molecule has 0 saturated heterocycles. The van der Waals surface area contributed by atoms with Crippen molar-refractivity contribution in [2.24, 2.45) is 0 Å². The Hall–Kier alpha value is -1.76. The number of imidazole rings is 1. The maximum absolute atomic E-state index is 11.8. The Morgan fingerprint density at radius 2 is 2.26 bits per heavy atom. The maximum atomic E-state index is 11.8. The van der Waals surface area contributed by atoms with Crippen LogP contribution in [0.15, 0.2) is 18.7 Å². The van der Waals surface area contributed by atoms with Crippen molar-refractivity contribution < 1.29 is 4.79 Å². The van der Waals surface area contributed by atoms with Gasteiger partial charge in [0.25, 0.3) is 0 Å². The number of hydrogen-bond acceptors (Lipinski definition) is 5. The van der Waals surface area contributed by atoms with Crippen molar-refractivity contribution >= 4 is 22.6 Å². The third-order valence-corrected chi connectivity index (χ3v) is 3.13. The van der Waals surface area contributed by atoms with Crippen molar-refractivity contribution in [1.29, 1.82) is 0 Å². The molecule has 7 heteroatoms. The molecule has 2 rings (SSSR count). The zero-order valence-electron chi connectivity index (χ0n) is 11.3. The monoisotopic (exact) mass is 279 g/mol. The second kappa shape index (κ2) is 5.48. The molecule has 2 heterocycles. The van der Waals surface area contributed by atoms with Crippen LogP contribution in [0, 0.1) is 0 Å². The number of carbonyl (C=O) groups excluding carboxylic acids is 1. The van der Waals surface area contributed by atoms with Gasteiger partial charge < -0.3 is 9.88 Å². The lowest BCUT2D eigenvalue weighted by molar-refractivity contribution is -0.116. The van der Waals surface area contributed by atoms with E-state index in [1.807, 2.05) is 31.5 Å². The summed E-state index contributed by atoms with van der Waals surface area (Å²) in [5.74, 6) is 0.688. The highest BCUT2D eigenvalue weighted by molar-refractivity contribution is 7.09. The van der Waals surface area contributed by atoms with E-state index in [1.54, 1.807) is 12.5 Å². The van der Waals surface area contributed by atoms with E-state index < -0.39 is 0 Å². The van der Waals surface area contributed by atoms with Crippen LogP contribution in [0.2, 0.25) is 0 Å². The van der Waals surface area contributed by atoms with Crippen LogP contribution in [-0.4, -0.2) is 24.8 Å². The lowest BCUT2D eigenvalue weighted by Gasteiger charge is -2.12. The summed E-state index contributed by atoms with van der Waals surface area (Å²) in [7, 11) is 0. The standard InChI is InChI=1S/C12H17N5OS/c1-12(2,3)10-15-11(19-16-10)14-9(18)4-6-17-7-5-13-8-17/h5,7-8H,4,6H2,1-3H3,(H,14,15,16,18). The van der Waals surface area contributed by atoms with Gasteiger partial charge in [-0.25, -0.2) is 9.97 Å². The van der Waals surface area contributed by atoms with Gasteiger partial charge in [-0.1, -0.05) is 20.8 Å². The van der Waals surface area contributed by atoms with Crippen LogP contribution >= 0.6 is 11.5 Å². The maximum Gasteiger partial charge on any atom is 0.227 e. The third kappa shape index (κ3) is 3.85. The smallest absolute Gasteiger partial charge is 0.227 e. The predicted octanol–water partition coefficient (Wildman–Crippen LogP) is 2.06. The van der Waals surface area contributed by atoms with Gasteiger partial charge in [-0.05, 0) is 0 Å². The molecule has 0 aliphatic carbocycles. The summed E-state index contributed by atoms with van der Waals surface area (Å²) in [5.41, 5.74) is -0.101. The highest BCUT2D eigenvalue weighted by Crippen LogP contribution is 2.22. The number of nitrogens with zero attached hydrogens (tertiary/aromatic N) is 4. The van der Waals surface area contributed by atoms with Crippen LogP contribution in [0.4, 0.5) is 5.13 Å². The van der Waals surface area contributed by atoms with Crippen molar-refractivity contribution in [2.75, 3.05) is 5.32 Å². The first kappa shape index (κ1) is 13.7. The molecule has 1 amide bonds. The molecule has 0 fully saturated rings. The minimum Gasteiger partial charge on any atom is -0.337 e. The van der Waals surface area contributed by atoms with Gasteiger partial charge >= 0.3 is 0 Å². The zero-order chi connectivity index (χ0) is 13.9. The van der Waals surface area contributed by atoms with Crippen molar-refractivity contribution in [1.82, 2.24) is 18.9 Å². The SMILES string of the molecule is CC(C)(C)c1nsc(NC(=O)CCn2ccnc2)n1. The van der Waals surface area contributed by atoms with Gasteiger partial charge in [0.05, 0.1) is 6.33 Å². The van der Waals surface area contributed by atoms with Crippen molar-refractivity contribution in [3.8, 4) is 0 Å². The van der Waals surface area contributed by atoms with E-state index in [-0.39, 0.29) is 11.3 Å². The number of rotatable bonds is 4. The molecule has 102 valence electrons. The molecule has 19 heavy (non-hydrogen) atoms. The Morgan fingerprint density at radius 3 is 2.84 bits per heavy atom. The molecule has 0 atom stereocenters. The Labute approximate surface area is 116 Å². The molecular weight excluding hydrogens is 262 g/mol. The number of nitrogens with one attached hydrogen (secondary N) is 1. The van der Waals surface area contributed by atoms with Gasteiger partial charge in [-0.15, -0.1) is 0 Å². The van der Waals surface area contributed by atoms with Crippen LogP contribution in [0.3, 0.4) is 0 Å². The fraction of sp³-hybridized carbons (Fsp3) is 0.500. The molecule has 0 aliphatic heterocycles. The normalized spacial score (nSPS) is 11.5. The molecule has 0 saturated carbocycles. The molecule has 0 aromatic carbocycles. The van der Waals surface area contributed by atoms with E-state index in [4.69, 9.17) is 0 Å². The number of aryl methyl sites for hydroxylation is 1. The van der Waals surface area contributed by atoms with Crippen LogP contribution in [0.1, 0.15) is 33.0 Å². The number of hydrogen-bond donors (Lipinski definition) is 1. The average Bonchev–Trinajstić information content (AvgIpc) is 2.95. The van der Waals surface area contributed by atoms with E-state index in [1.165, 1.54) is 11.5 Å². The van der Waals surface area contributed by atoms with Crippen LogP contribution < -0.4 is 5.32 Å². The molecule has 2 aromatic heterocycles. The van der Waals surface area contributed by atoms with E-state index >= 15 is 0 Å². The predicted molar refractivity (Wildman–Crippen MR) is 74.1 cm³/mol. The first-order valence-electron chi connectivity index (χ1n) is 6.05. The second-order valence-corrected chi connectivity index (χ2v) is 6.02. The topological polar surface area (TPSA) is 72.7 Å². The fourth-order valence-electron chi connectivity index (χ4n) is 1.41. The van der Waals surface area contributed by atoms with E-state index in [0.717, 1.165) is 5.82 Å². The Bertz CT molecular complexity index is 541. The van der Waals surface area contributed by atoms with E-state index in [2.05, 4.69) is 19.7 Å². The third-order valence-electron chi connectivity index (χ3n) is 2.50. The summed E-state index contributed by atoms with van der Waals surface area (Å²) < 4.78 is 6.11. The molecule has 0 aliphatic rings. The Balaban J connectivity index is 1.87. The first-order valence-corrected chi connectivity index (χ1v) is 6.82. The van der Waals surface area contributed by atoms with Gasteiger partial charge in [0.15, 0.2) is 0 Å². The van der Waals surface area contributed by atoms with Crippen molar-refractivity contribution in [2.45, 2.75) is 39.2 Å². The summed E-state index contributed by atoms with van der Waals surface area (Å²) in [5, 5.41) is 3.33. The summed E-state index contributed by atoms with van der Waals surface area (Å²) in [6.07, 6.45) is 5.60. The summed E-state index contributed by atoms with van der Waals surface area (Å²) >= 11 is 1.22. The Kier molecular flexibility index (Phi) is 3.94. The summed E-state index contributed by atoms with van der Waals surface area (Å²) in [4.78, 5) is 20.0. The van der Waals surface area contributed by atoms with Gasteiger partial charge in [0.1, 0.15) is 5.82 Å². The van der Waals surface area contributed by atoms with Gasteiger partial charge in [0, 0.05) is 42.3 Å². The largest absolute Gasteiger partial charge is 0.337 e. The minimum absolute atomic E-state index is 0.0645. The number of anilines is 1. The van der Waals surface area contributed by atoms with Gasteiger partial charge in [-0.3, -0.25) is 4.79 Å². The number of amides is 1. The van der Waals surface area contributed by atoms with Gasteiger partial charge in [0.2, 0.25) is 11.0 Å². The highest BCUT2D eigenvalue weighted by atomic mass is 32.1. The second-order valence-electron chi connectivity index (χ2n) is 5.27. The van der Waals surface area contributed by atoms with Gasteiger partial charge in [-0.2, -0.15) is 4.37 Å². The summed E-state index contributed by atoms with van der Waals surface area (Å²) in [6, 6.07) is 0. The molecule has 6 nitrogen and oxygen atoms in total. The number of carbonyl (C=O) groups is 1. The lowest BCUT2D eigenvalue weighted by Crippen LogP contribution is -2.15. The molecule has 2 aromatic rings. The van der Waals surface area contributed by atoms with Crippen molar-refractivity contribution in [3.63, 3.8) is 0 Å². The number of aromatic nitrogens is 4. The molecule has 0 radical (unpaired) electrons. The van der Waals surface area contributed by atoms with Crippen LogP contribution in [-0.2, 0) is 16.8 Å². The minimum atomic E-state index is -0.101. The molecule has 1 N–H and O–H groups in total. The Morgan fingerprint density at radius 1 is 1.47 bits per heavy atom. The van der Waals surface area contributed by atoms with Crippen LogP contribution in [0.5, 0.6) is 0 Å². The van der Waals surface area contributed by atoms with Crippen LogP contribution in [0.25, 0.3) is 0 Å². The molecule has 0 spiro atoms. The first-order chi connectivity index (χ1) is 8.95. The van der Waals surface area contributed by atoms with E-state index in [0.29, 0.717) is 18.1 Å². The summed E-state index contributed by atoms with van der Waals surface area (Å²) in [6.45, 7) is 6.73. The highest BCUT2D eigenvalue weighted by Gasteiger charge is 2.20. The van der Waals surface area contributed by atoms with E-state index in [9.17, 15) is 4.79 Å². The molecular formula is C12H17N5OS. The quantitative estimate of drug-likeness (QED) is 0.929. The zero-order valence-corrected chi connectivity index (χ0v) is 12.1. The fourth-order valence-corrected chi connectivity index (χ4v) is 2.18. The lowest BCUT2D eigenvalue weighted by atomic mass is 9.96. The van der Waals surface area contributed by atoms with Crippen molar-refractivity contribution in [3.05, 3.63) is 24.5 Å². The average molecular weight is 279 g/mol.